The first-order chi connectivity index (χ1) is 11.8. The van der Waals surface area contributed by atoms with Gasteiger partial charge in [0.05, 0.1) is 13.1 Å². The number of hydrogen-bond donors (Lipinski definition) is 2. The second-order valence-electron chi connectivity index (χ2n) is 6.87. The molecule has 0 aromatic heterocycles. The minimum absolute atomic E-state index is 0.376. The quantitative estimate of drug-likeness (QED) is 0.816. The first-order valence-corrected chi connectivity index (χ1v) is 9.03. The zero-order valence-corrected chi connectivity index (χ0v) is 14.2. The Bertz CT molecular complexity index is 579. The molecule has 24 heavy (non-hydrogen) atoms. The summed E-state index contributed by atoms with van der Waals surface area (Å²) in [6.07, 6.45) is 3.28. The fourth-order valence-corrected chi connectivity index (χ4v) is 3.54. The average molecular weight is 326 g/mol. The molecule has 2 N–H and O–H groups in total. The van der Waals surface area contributed by atoms with Crippen LogP contribution in [-0.2, 0) is 6.42 Å². The van der Waals surface area contributed by atoms with E-state index in [4.69, 9.17) is 4.74 Å². The molecule has 1 saturated heterocycles. The molecule has 1 fully saturated rings. The third kappa shape index (κ3) is 5.36. The number of nitrogens with one attached hydrogen (secondary N) is 1. The number of rotatable bonds is 7. The lowest BCUT2D eigenvalue weighted by Crippen LogP contribution is -3.14. The predicted octanol–water partition coefficient (Wildman–Crippen LogP) is 1.96. The molecule has 3 rings (SSSR count). The molecule has 0 aliphatic carbocycles. The highest BCUT2D eigenvalue weighted by molar-refractivity contribution is 5.20. The summed E-state index contributed by atoms with van der Waals surface area (Å²) >= 11 is 0. The van der Waals surface area contributed by atoms with E-state index in [-0.39, 0.29) is 0 Å². The summed E-state index contributed by atoms with van der Waals surface area (Å²) in [5.74, 6) is 1.61. The van der Waals surface area contributed by atoms with Gasteiger partial charge in [0.1, 0.15) is 25.0 Å². The van der Waals surface area contributed by atoms with Gasteiger partial charge >= 0.3 is 0 Å². The number of hydrogen-bond acceptors (Lipinski definition) is 2. The van der Waals surface area contributed by atoms with Crippen LogP contribution in [0.3, 0.4) is 0 Å². The van der Waals surface area contributed by atoms with Crippen LogP contribution in [0.2, 0.25) is 0 Å². The largest absolute Gasteiger partial charge is 0.491 e. The Morgan fingerprint density at radius 2 is 1.58 bits per heavy atom. The number of ether oxygens (including phenoxy) is 1. The van der Waals surface area contributed by atoms with Crippen LogP contribution in [0.4, 0.5) is 0 Å². The molecule has 2 aromatic rings. The van der Waals surface area contributed by atoms with Gasteiger partial charge in [-0.3, -0.25) is 0 Å². The normalized spacial score (nSPS) is 22.0. The topological polar surface area (TPSA) is 33.9 Å². The lowest BCUT2D eigenvalue weighted by Gasteiger charge is -2.30. The van der Waals surface area contributed by atoms with E-state index in [0.29, 0.717) is 6.61 Å². The first-order valence-electron chi connectivity index (χ1n) is 9.03. The second kappa shape index (κ2) is 8.86. The van der Waals surface area contributed by atoms with Crippen LogP contribution in [0.1, 0.15) is 18.4 Å². The first kappa shape index (κ1) is 17.0. The van der Waals surface area contributed by atoms with Gasteiger partial charge in [0.25, 0.3) is 0 Å². The summed E-state index contributed by atoms with van der Waals surface area (Å²) in [5, 5.41) is 10.2. The van der Waals surface area contributed by atoms with Crippen LogP contribution < -0.4 is 9.64 Å². The van der Waals surface area contributed by atoms with Crippen molar-refractivity contribution >= 4 is 0 Å². The van der Waals surface area contributed by atoms with Gasteiger partial charge in [0, 0.05) is 0 Å². The van der Waals surface area contributed by atoms with Crippen molar-refractivity contribution in [2.75, 3.05) is 26.2 Å². The van der Waals surface area contributed by atoms with Gasteiger partial charge in [-0.1, -0.05) is 48.5 Å². The molecule has 3 heteroatoms. The third-order valence-electron chi connectivity index (χ3n) is 4.89. The van der Waals surface area contributed by atoms with Crippen molar-refractivity contribution in [2.45, 2.75) is 25.4 Å². The van der Waals surface area contributed by atoms with Gasteiger partial charge in [0.15, 0.2) is 0 Å². The maximum absolute atomic E-state index is 10.2. The van der Waals surface area contributed by atoms with Crippen LogP contribution in [-0.4, -0.2) is 37.5 Å². The second-order valence-corrected chi connectivity index (χ2v) is 6.87. The fraction of sp³-hybridized carbons (Fsp3) is 0.429. The molecule has 2 aromatic carbocycles. The third-order valence-corrected chi connectivity index (χ3v) is 4.89. The number of aliphatic hydroxyl groups is 1. The summed E-state index contributed by atoms with van der Waals surface area (Å²) in [6.45, 7) is 3.46. The van der Waals surface area contributed by atoms with Crippen LogP contribution in [0, 0.1) is 5.92 Å². The number of likely N-dealkylation sites (tertiary alicyclic amines) is 1. The summed E-state index contributed by atoms with van der Waals surface area (Å²) in [7, 11) is 0. The monoisotopic (exact) mass is 326 g/mol. The molecule has 0 spiro atoms. The Hall–Kier alpha value is -1.84. The van der Waals surface area contributed by atoms with Gasteiger partial charge in [-0.05, 0) is 42.9 Å². The van der Waals surface area contributed by atoms with E-state index in [1.54, 1.807) is 0 Å². The molecular formula is C21H28NO2+. The van der Waals surface area contributed by atoms with Crippen molar-refractivity contribution in [3.63, 3.8) is 0 Å². The van der Waals surface area contributed by atoms with Crippen molar-refractivity contribution < 1.29 is 14.7 Å². The van der Waals surface area contributed by atoms with Gasteiger partial charge in [-0.2, -0.15) is 0 Å². The van der Waals surface area contributed by atoms with Crippen molar-refractivity contribution in [3.8, 4) is 5.75 Å². The highest BCUT2D eigenvalue weighted by Gasteiger charge is 2.24. The zero-order chi connectivity index (χ0) is 16.6. The maximum Gasteiger partial charge on any atom is 0.137 e. The Morgan fingerprint density at radius 1 is 0.958 bits per heavy atom. The van der Waals surface area contributed by atoms with Crippen molar-refractivity contribution in [1.29, 1.82) is 0 Å². The molecule has 3 nitrogen and oxygen atoms in total. The van der Waals surface area contributed by atoms with Crippen LogP contribution in [0.25, 0.3) is 0 Å². The molecule has 128 valence electrons. The summed E-state index contributed by atoms with van der Waals surface area (Å²) in [5.41, 5.74) is 1.45. The molecule has 0 saturated carbocycles. The van der Waals surface area contributed by atoms with E-state index in [9.17, 15) is 5.11 Å². The zero-order valence-electron chi connectivity index (χ0n) is 14.2. The number of aliphatic hydroxyl groups excluding tert-OH is 1. The van der Waals surface area contributed by atoms with Gasteiger partial charge in [0.2, 0.25) is 0 Å². The highest BCUT2D eigenvalue weighted by Crippen LogP contribution is 2.16. The van der Waals surface area contributed by atoms with E-state index in [0.717, 1.165) is 31.3 Å². The Kier molecular flexibility index (Phi) is 6.27. The molecule has 1 heterocycles. The van der Waals surface area contributed by atoms with Gasteiger partial charge in [-0.15, -0.1) is 0 Å². The SMILES string of the molecule is O[C@H](COc1ccccc1)C[NH+]1CCC(Cc2ccccc2)CC1. The number of quaternary nitrogens is 1. The van der Waals surface area contributed by atoms with Crippen molar-refractivity contribution in [2.24, 2.45) is 5.92 Å². The van der Waals surface area contributed by atoms with E-state index < -0.39 is 6.10 Å². The van der Waals surface area contributed by atoms with E-state index in [2.05, 4.69) is 30.3 Å². The molecule has 1 aliphatic rings. The van der Waals surface area contributed by atoms with E-state index in [1.807, 2.05) is 30.3 Å². The number of piperidine rings is 1. The molecule has 1 atom stereocenters. The van der Waals surface area contributed by atoms with E-state index in [1.165, 1.54) is 29.7 Å². The maximum atomic E-state index is 10.2. The summed E-state index contributed by atoms with van der Waals surface area (Å²) in [4.78, 5) is 1.50. The Balaban J connectivity index is 1.36. The minimum Gasteiger partial charge on any atom is -0.491 e. The van der Waals surface area contributed by atoms with Gasteiger partial charge in [-0.25, -0.2) is 0 Å². The van der Waals surface area contributed by atoms with Crippen molar-refractivity contribution in [3.05, 3.63) is 66.2 Å². The smallest absolute Gasteiger partial charge is 0.137 e. The van der Waals surface area contributed by atoms with Gasteiger partial charge < -0.3 is 14.7 Å². The molecule has 0 radical (unpaired) electrons. The van der Waals surface area contributed by atoms with Crippen LogP contribution in [0.15, 0.2) is 60.7 Å². The number of benzene rings is 2. The molecular weight excluding hydrogens is 298 g/mol. The fourth-order valence-electron chi connectivity index (χ4n) is 3.54. The lowest BCUT2D eigenvalue weighted by molar-refractivity contribution is -0.909. The predicted molar refractivity (Wildman–Crippen MR) is 96.4 cm³/mol. The van der Waals surface area contributed by atoms with Crippen molar-refractivity contribution in [1.82, 2.24) is 0 Å². The summed E-state index contributed by atoms with van der Waals surface area (Å²) < 4.78 is 5.65. The van der Waals surface area contributed by atoms with E-state index >= 15 is 0 Å². The molecule has 0 bridgehead atoms. The minimum atomic E-state index is -0.397. The highest BCUT2D eigenvalue weighted by atomic mass is 16.5. The molecule has 1 aliphatic heterocycles. The number of para-hydroxylation sites is 1. The summed E-state index contributed by atoms with van der Waals surface area (Å²) in [6, 6.07) is 20.5. The van der Waals surface area contributed by atoms with Crippen LogP contribution >= 0.6 is 0 Å². The molecule has 0 amide bonds. The average Bonchev–Trinajstić information content (AvgIpc) is 2.63. The standard InChI is InChI=1S/C21H27NO2/c23-20(17-24-21-9-5-2-6-10-21)16-22-13-11-19(12-14-22)15-18-7-3-1-4-8-18/h1-10,19-20,23H,11-17H2/p+1/t20-/m0/s1. The molecule has 0 unspecified atom stereocenters. The Labute approximate surface area is 144 Å². The lowest BCUT2D eigenvalue weighted by atomic mass is 9.90. The Morgan fingerprint density at radius 3 is 2.25 bits per heavy atom. The van der Waals surface area contributed by atoms with Crippen LogP contribution in [0.5, 0.6) is 5.75 Å².